The summed E-state index contributed by atoms with van der Waals surface area (Å²) in [5.74, 6) is 1.22. The van der Waals surface area contributed by atoms with Crippen LogP contribution in [0.2, 0.25) is 0 Å². The van der Waals surface area contributed by atoms with Crippen LogP contribution < -0.4 is 11.1 Å². The topological polar surface area (TPSA) is 64.3 Å². The van der Waals surface area contributed by atoms with Gasteiger partial charge in [-0.3, -0.25) is 4.79 Å². The normalized spacial score (nSPS) is 38.7. The molecule has 1 saturated carbocycles. The molecule has 0 radical (unpaired) electrons. The van der Waals surface area contributed by atoms with E-state index < -0.39 is 0 Å². The maximum Gasteiger partial charge on any atom is 0.223 e. The van der Waals surface area contributed by atoms with Gasteiger partial charge in [-0.25, -0.2) is 0 Å². The molecule has 1 aliphatic heterocycles. The van der Waals surface area contributed by atoms with E-state index >= 15 is 0 Å². The minimum atomic E-state index is -0.0950. The first-order valence-electron chi connectivity index (χ1n) is 7.56. The first kappa shape index (κ1) is 14.8. The van der Waals surface area contributed by atoms with Crippen molar-refractivity contribution < 1.29 is 9.53 Å². The Labute approximate surface area is 116 Å². The molecule has 0 bridgehead atoms. The molecule has 4 heteroatoms. The number of nitrogens with one attached hydrogen (secondary N) is 1. The van der Waals surface area contributed by atoms with Gasteiger partial charge in [-0.1, -0.05) is 13.8 Å². The molecule has 4 nitrogen and oxygen atoms in total. The quantitative estimate of drug-likeness (QED) is 0.801. The molecule has 1 amide bonds. The Kier molecular flexibility index (Phi) is 4.51. The fourth-order valence-electron chi connectivity index (χ4n) is 3.39. The van der Waals surface area contributed by atoms with Crippen LogP contribution in [0.5, 0.6) is 0 Å². The number of ether oxygens (including phenoxy) is 1. The van der Waals surface area contributed by atoms with Crippen molar-refractivity contribution in [2.24, 2.45) is 23.5 Å². The first-order valence-corrected chi connectivity index (χ1v) is 7.56. The number of rotatable bonds is 2. The summed E-state index contributed by atoms with van der Waals surface area (Å²) in [6.07, 6.45) is 3.68. The zero-order chi connectivity index (χ0) is 14.0. The molecule has 0 spiro atoms. The van der Waals surface area contributed by atoms with Crippen molar-refractivity contribution in [1.29, 1.82) is 0 Å². The molecule has 1 heterocycles. The van der Waals surface area contributed by atoms with Crippen molar-refractivity contribution >= 4 is 5.91 Å². The van der Waals surface area contributed by atoms with Gasteiger partial charge in [0.25, 0.3) is 0 Å². The Morgan fingerprint density at radius 1 is 1.21 bits per heavy atom. The Balaban J connectivity index is 1.95. The predicted octanol–water partition coefficient (Wildman–Crippen LogP) is 1.68. The highest BCUT2D eigenvalue weighted by Crippen LogP contribution is 2.33. The highest BCUT2D eigenvalue weighted by atomic mass is 16.5. The molecule has 2 aliphatic rings. The molecule has 0 aromatic heterocycles. The first-order chi connectivity index (χ1) is 8.91. The van der Waals surface area contributed by atoms with Crippen molar-refractivity contribution in [1.82, 2.24) is 5.32 Å². The molecule has 2 fully saturated rings. The van der Waals surface area contributed by atoms with E-state index in [1.54, 1.807) is 0 Å². The molecule has 1 saturated heterocycles. The maximum atomic E-state index is 12.5. The summed E-state index contributed by atoms with van der Waals surface area (Å²) in [5.41, 5.74) is 6.04. The summed E-state index contributed by atoms with van der Waals surface area (Å²) in [7, 11) is 0. The van der Waals surface area contributed by atoms with E-state index in [0.29, 0.717) is 11.8 Å². The van der Waals surface area contributed by atoms with Crippen LogP contribution in [0.3, 0.4) is 0 Å². The van der Waals surface area contributed by atoms with Crippen molar-refractivity contribution in [2.75, 3.05) is 13.2 Å². The van der Waals surface area contributed by atoms with Gasteiger partial charge >= 0.3 is 0 Å². The second-order valence-electron chi connectivity index (χ2n) is 6.86. The smallest absolute Gasteiger partial charge is 0.223 e. The van der Waals surface area contributed by atoms with Crippen LogP contribution in [-0.4, -0.2) is 30.7 Å². The predicted molar refractivity (Wildman–Crippen MR) is 75.6 cm³/mol. The Morgan fingerprint density at radius 3 is 2.47 bits per heavy atom. The standard InChI is InChI=1S/C15H28N2O2/c1-10-8-11(2)13(16)9-12(10)14(18)17-15(3)4-6-19-7-5-15/h10-13H,4-9,16H2,1-3H3,(H,17,18). The SMILES string of the molecule is CC1CC(C)C(C(=O)NC2(C)CCOCC2)CC1N. The lowest BCUT2D eigenvalue weighted by atomic mass is 9.72. The monoisotopic (exact) mass is 268 g/mol. The van der Waals surface area contributed by atoms with E-state index in [4.69, 9.17) is 10.5 Å². The van der Waals surface area contributed by atoms with Crippen LogP contribution in [0.15, 0.2) is 0 Å². The summed E-state index contributed by atoms with van der Waals surface area (Å²) in [5, 5.41) is 3.26. The van der Waals surface area contributed by atoms with Crippen molar-refractivity contribution in [2.45, 2.75) is 58.0 Å². The van der Waals surface area contributed by atoms with Gasteiger partial charge in [0, 0.05) is 30.7 Å². The minimum Gasteiger partial charge on any atom is -0.381 e. The van der Waals surface area contributed by atoms with Gasteiger partial charge in [0.1, 0.15) is 0 Å². The number of hydrogen-bond donors (Lipinski definition) is 2. The third-order valence-electron chi connectivity index (χ3n) is 5.05. The number of nitrogens with two attached hydrogens (primary N) is 1. The Morgan fingerprint density at radius 2 is 1.84 bits per heavy atom. The zero-order valence-electron chi connectivity index (χ0n) is 12.4. The highest BCUT2D eigenvalue weighted by molar-refractivity contribution is 5.80. The lowest BCUT2D eigenvalue weighted by Gasteiger charge is -2.40. The van der Waals surface area contributed by atoms with Gasteiger partial charge in [0.15, 0.2) is 0 Å². The lowest BCUT2D eigenvalue weighted by Crippen LogP contribution is -2.54. The van der Waals surface area contributed by atoms with Gasteiger partial charge in [0.05, 0.1) is 0 Å². The van der Waals surface area contributed by atoms with Crippen LogP contribution in [0.4, 0.5) is 0 Å². The van der Waals surface area contributed by atoms with Crippen LogP contribution in [0.25, 0.3) is 0 Å². The highest BCUT2D eigenvalue weighted by Gasteiger charge is 2.38. The summed E-state index contributed by atoms with van der Waals surface area (Å²) < 4.78 is 5.37. The summed E-state index contributed by atoms with van der Waals surface area (Å²) >= 11 is 0. The number of carbonyl (C=O) groups excluding carboxylic acids is 1. The lowest BCUT2D eigenvalue weighted by molar-refractivity contribution is -0.131. The van der Waals surface area contributed by atoms with Gasteiger partial charge in [-0.15, -0.1) is 0 Å². The van der Waals surface area contributed by atoms with E-state index in [0.717, 1.165) is 38.9 Å². The van der Waals surface area contributed by atoms with Gasteiger partial charge in [0.2, 0.25) is 5.91 Å². The van der Waals surface area contributed by atoms with Gasteiger partial charge in [-0.2, -0.15) is 0 Å². The maximum absolute atomic E-state index is 12.5. The average molecular weight is 268 g/mol. The molecule has 1 aliphatic carbocycles. The molecule has 110 valence electrons. The second kappa shape index (κ2) is 5.80. The van der Waals surface area contributed by atoms with Crippen LogP contribution in [0.1, 0.15) is 46.5 Å². The van der Waals surface area contributed by atoms with E-state index in [1.807, 2.05) is 0 Å². The Hall–Kier alpha value is -0.610. The van der Waals surface area contributed by atoms with Crippen LogP contribution in [0, 0.1) is 17.8 Å². The summed E-state index contributed by atoms with van der Waals surface area (Å²) in [6.45, 7) is 7.98. The molecule has 4 unspecified atom stereocenters. The van der Waals surface area contributed by atoms with Gasteiger partial charge in [-0.05, 0) is 44.4 Å². The van der Waals surface area contributed by atoms with E-state index in [1.165, 1.54) is 0 Å². The molecule has 2 rings (SSSR count). The molecular weight excluding hydrogens is 240 g/mol. The second-order valence-corrected chi connectivity index (χ2v) is 6.86. The summed E-state index contributed by atoms with van der Waals surface area (Å²) in [4.78, 5) is 12.5. The third-order valence-corrected chi connectivity index (χ3v) is 5.05. The van der Waals surface area contributed by atoms with Crippen molar-refractivity contribution in [3.8, 4) is 0 Å². The fourth-order valence-corrected chi connectivity index (χ4v) is 3.39. The molecule has 0 aromatic carbocycles. The zero-order valence-corrected chi connectivity index (χ0v) is 12.4. The molecule has 3 N–H and O–H groups in total. The van der Waals surface area contributed by atoms with E-state index in [-0.39, 0.29) is 23.4 Å². The van der Waals surface area contributed by atoms with E-state index in [9.17, 15) is 4.79 Å². The third kappa shape index (κ3) is 3.48. The Bertz CT molecular complexity index is 326. The van der Waals surface area contributed by atoms with Crippen LogP contribution >= 0.6 is 0 Å². The molecule has 0 aromatic rings. The fraction of sp³-hybridized carbons (Fsp3) is 0.933. The number of hydrogen-bond acceptors (Lipinski definition) is 3. The summed E-state index contributed by atoms with van der Waals surface area (Å²) in [6, 6.07) is 0.162. The molecule has 19 heavy (non-hydrogen) atoms. The number of amides is 1. The molecule has 4 atom stereocenters. The van der Waals surface area contributed by atoms with Gasteiger partial charge < -0.3 is 15.8 Å². The molecular formula is C15H28N2O2. The van der Waals surface area contributed by atoms with E-state index in [2.05, 4.69) is 26.1 Å². The van der Waals surface area contributed by atoms with Crippen molar-refractivity contribution in [3.05, 3.63) is 0 Å². The van der Waals surface area contributed by atoms with Crippen molar-refractivity contribution in [3.63, 3.8) is 0 Å². The average Bonchev–Trinajstić information content (AvgIpc) is 2.34. The number of carbonyl (C=O) groups is 1. The largest absolute Gasteiger partial charge is 0.381 e. The minimum absolute atomic E-state index is 0.0749. The van der Waals surface area contributed by atoms with Crippen LogP contribution in [-0.2, 0) is 9.53 Å².